The molecule has 0 aliphatic rings. The summed E-state index contributed by atoms with van der Waals surface area (Å²) < 4.78 is 34.8. The van der Waals surface area contributed by atoms with E-state index >= 15 is 0 Å². The maximum atomic E-state index is 12.6. The van der Waals surface area contributed by atoms with Gasteiger partial charge in [0.25, 0.3) is 0 Å². The average Bonchev–Trinajstić information content (AvgIpc) is 3.09. The molecule has 0 aromatic heterocycles. The maximum Gasteiger partial charge on any atom is 0.472 e. The number of rotatable bonds is 37. The number of quaternary nitrogens is 1. The Morgan fingerprint density at radius 3 is 1.67 bits per heavy atom. The molecule has 1 N–H and O–H groups in total. The molecule has 0 aliphatic heterocycles. The topological polar surface area (TPSA) is 91.3 Å². The standard InChI is InChI=1S/C43H78NO7P/c1-6-8-10-12-14-16-18-19-20-21-22-23-24-25-26-27-29-31-33-35-38-48-40-42(41-50-52(46,47)49-39-37-44(3,4)5)51-43(45)36-34-32-30-28-17-15-13-11-9-7-2/h8,10,14,16,19-20,22-23,25-26,42H,6-7,9,11-13,15,17-18,21,24,27-41H2,1-5H3/p+1/b10-8-,16-14-,20-19-,23-22-,26-25-. The van der Waals surface area contributed by atoms with E-state index in [2.05, 4.69) is 74.6 Å². The normalized spacial score (nSPS) is 14.5. The molecule has 0 heterocycles. The van der Waals surface area contributed by atoms with Crippen molar-refractivity contribution in [3.05, 3.63) is 60.8 Å². The highest BCUT2D eigenvalue weighted by atomic mass is 31.2. The number of carbonyl (C=O) groups is 1. The van der Waals surface area contributed by atoms with E-state index in [1.165, 1.54) is 44.9 Å². The lowest BCUT2D eigenvalue weighted by molar-refractivity contribution is -0.870. The van der Waals surface area contributed by atoms with Gasteiger partial charge in [-0.3, -0.25) is 13.8 Å². The van der Waals surface area contributed by atoms with Gasteiger partial charge >= 0.3 is 13.8 Å². The first-order valence-corrected chi connectivity index (χ1v) is 22.0. The first-order valence-electron chi connectivity index (χ1n) is 20.5. The lowest BCUT2D eigenvalue weighted by Crippen LogP contribution is -2.37. The number of phosphoric acid groups is 1. The van der Waals surface area contributed by atoms with E-state index in [9.17, 15) is 14.3 Å². The van der Waals surface area contributed by atoms with Gasteiger partial charge in [0.2, 0.25) is 0 Å². The van der Waals surface area contributed by atoms with Crippen molar-refractivity contribution in [3.63, 3.8) is 0 Å². The van der Waals surface area contributed by atoms with Gasteiger partial charge in [0.1, 0.15) is 19.3 Å². The Bertz CT molecular complexity index is 1020. The zero-order valence-electron chi connectivity index (χ0n) is 34.0. The molecule has 0 fully saturated rings. The third-order valence-corrected chi connectivity index (χ3v) is 9.33. The van der Waals surface area contributed by atoms with Crippen LogP contribution < -0.4 is 0 Å². The number of allylic oxidation sites excluding steroid dienone is 10. The predicted octanol–water partition coefficient (Wildman–Crippen LogP) is 11.8. The van der Waals surface area contributed by atoms with E-state index in [0.29, 0.717) is 24.1 Å². The second-order valence-corrected chi connectivity index (χ2v) is 16.1. The Morgan fingerprint density at radius 2 is 1.12 bits per heavy atom. The second-order valence-electron chi connectivity index (χ2n) is 14.6. The van der Waals surface area contributed by atoms with Gasteiger partial charge in [-0.2, -0.15) is 0 Å². The monoisotopic (exact) mass is 753 g/mol. The molecule has 0 aliphatic carbocycles. The molecule has 0 saturated heterocycles. The van der Waals surface area contributed by atoms with E-state index in [1.54, 1.807) is 0 Å². The van der Waals surface area contributed by atoms with E-state index in [-0.39, 0.29) is 25.8 Å². The summed E-state index contributed by atoms with van der Waals surface area (Å²) in [6, 6.07) is 0. The van der Waals surface area contributed by atoms with Crippen LogP contribution in [-0.2, 0) is 27.9 Å². The average molecular weight is 753 g/mol. The highest BCUT2D eigenvalue weighted by Gasteiger charge is 2.26. The van der Waals surface area contributed by atoms with Crippen LogP contribution in [0.4, 0.5) is 0 Å². The third-order valence-electron chi connectivity index (χ3n) is 8.34. The summed E-state index contributed by atoms with van der Waals surface area (Å²) in [5, 5.41) is 0. The van der Waals surface area contributed by atoms with E-state index in [1.807, 2.05) is 21.1 Å². The van der Waals surface area contributed by atoms with Gasteiger partial charge in [-0.1, -0.05) is 145 Å². The van der Waals surface area contributed by atoms with Crippen LogP contribution in [0.1, 0.15) is 149 Å². The summed E-state index contributed by atoms with van der Waals surface area (Å²) in [4.78, 5) is 22.8. The number of unbranched alkanes of at least 4 members (excludes halogenated alkanes) is 13. The van der Waals surface area contributed by atoms with E-state index in [0.717, 1.165) is 83.5 Å². The van der Waals surface area contributed by atoms with Crippen LogP contribution in [0, 0.1) is 0 Å². The molecule has 0 radical (unpaired) electrons. The SMILES string of the molecule is CC/C=C\C/C=C\C/C=C\C/C=C\C/C=C\CCCCCCOCC(COP(=O)(O)OCC[N+](C)(C)C)OC(=O)CCCCCCCCCCCC. The molecule has 302 valence electrons. The first-order chi connectivity index (χ1) is 25.1. The number of nitrogens with zero attached hydrogens (tertiary/aromatic N) is 1. The molecule has 0 bridgehead atoms. The Morgan fingerprint density at radius 1 is 0.615 bits per heavy atom. The van der Waals surface area contributed by atoms with Crippen molar-refractivity contribution in [2.24, 2.45) is 0 Å². The van der Waals surface area contributed by atoms with Crippen molar-refractivity contribution in [2.75, 3.05) is 54.1 Å². The molecule has 0 aromatic carbocycles. The molecular formula is C43H79NO7P+. The van der Waals surface area contributed by atoms with Gasteiger partial charge in [0, 0.05) is 13.0 Å². The molecular weight excluding hydrogens is 673 g/mol. The summed E-state index contributed by atoms with van der Waals surface area (Å²) in [6.45, 7) is 5.41. The van der Waals surface area contributed by atoms with Crippen molar-refractivity contribution in [1.82, 2.24) is 0 Å². The lowest BCUT2D eigenvalue weighted by atomic mass is 10.1. The quantitative estimate of drug-likeness (QED) is 0.0222. The van der Waals surface area contributed by atoms with Crippen molar-refractivity contribution >= 4 is 13.8 Å². The largest absolute Gasteiger partial charge is 0.472 e. The maximum absolute atomic E-state index is 12.6. The van der Waals surface area contributed by atoms with Crippen LogP contribution >= 0.6 is 7.82 Å². The highest BCUT2D eigenvalue weighted by Crippen LogP contribution is 2.43. The second kappa shape index (κ2) is 36.2. The van der Waals surface area contributed by atoms with Gasteiger partial charge in [-0.15, -0.1) is 0 Å². The number of ether oxygens (including phenoxy) is 2. The Kier molecular flexibility index (Phi) is 34.9. The number of phosphoric ester groups is 1. The van der Waals surface area contributed by atoms with Gasteiger partial charge in [-0.25, -0.2) is 4.57 Å². The van der Waals surface area contributed by atoms with Crippen LogP contribution in [0.15, 0.2) is 60.8 Å². The van der Waals surface area contributed by atoms with Crippen molar-refractivity contribution in [1.29, 1.82) is 0 Å². The number of carbonyl (C=O) groups excluding carboxylic acids is 1. The molecule has 8 nitrogen and oxygen atoms in total. The summed E-state index contributed by atoms with van der Waals surface area (Å²) >= 11 is 0. The van der Waals surface area contributed by atoms with Crippen LogP contribution in [-0.4, -0.2) is 75.6 Å². The van der Waals surface area contributed by atoms with Crippen molar-refractivity contribution in [2.45, 2.75) is 155 Å². The van der Waals surface area contributed by atoms with E-state index in [4.69, 9.17) is 18.5 Å². The number of likely N-dealkylation sites (N-methyl/N-ethyl adjacent to an activating group) is 1. The first kappa shape index (κ1) is 50.2. The number of esters is 1. The van der Waals surface area contributed by atoms with Crippen LogP contribution in [0.2, 0.25) is 0 Å². The third kappa shape index (κ3) is 39.4. The van der Waals surface area contributed by atoms with Crippen molar-refractivity contribution in [3.8, 4) is 0 Å². The molecule has 0 saturated carbocycles. The summed E-state index contributed by atoms with van der Waals surface area (Å²) in [5.74, 6) is -0.328. The molecule has 0 aromatic rings. The van der Waals surface area contributed by atoms with E-state index < -0.39 is 13.9 Å². The highest BCUT2D eigenvalue weighted by molar-refractivity contribution is 7.47. The van der Waals surface area contributed by atoms with Gasteiger partial charge in [-0.05, 0) is 57.8 Å². The fourth-order valence-corrected chi connectivity index (χ4v) is 5.91. The summed E-state index contributed by atoms with van der Waals surface area (Å²) in [5.41, 5.74) is 0. The molecule has 9 heteroatoms. The zero-order chi connectivity index (χ0) is 38.4. The summed E-state index contributed by atoms with van der Waals surface area (Å²) in [6.07, 6.45) is 44.0. The minimum absolute atomic E-state index is 0.0814. The molecule has 52 heavy (non-hydrogen) atoms. The van der Waals surface area contributed by atoms with Crippen molar-refractivity contribution < 1.29 is 37.3 Å². The predicted molar refractivity (Wildman–Crippen MR) is 219 cm³/mol. The Hall–Kier alpha value is -1.80. The molecule has 0 spiro atoms. The molecule has 0 amide bonds. The minimum Gasteiger partial charge on any atom is -0.457 e. The van der Waals surface area contributed by atoms with Gasteiger partial charge in [0.15, 0.2) is 0 Å². The summed E-state index contributed by atoms with van der Waals surface area (Å²) in [7, 11) is 1.64. The minimum atomic E-state index is -4.28. The smallest absolute Gasteiger partial charge is 0.457 e. The molecule has 2 atom stereocenters. The zero-order valence-corrected chi connectivity index (χ0v) is 34.9. The lowest BCUT2D eigenvalue weighted by Gasteiger charge is -2.24. The van der Waals surface area contributed by atoms with Gasteiger partial charge < -0.3 is 18.9 Å². The van der Waals surface area contributed by atoms with Crippen LogP contribution in [0.25, 0.3) is 0 Å². The van der Waals surface area contributed by atoms with Crippen LogP contribution in [0.3, 0.4) is 0 Å². The fraction of sp³-hybridized carbons (Fsp3) is 0.744. The van der Waals surface area contributed by atoms with Crippen LogP contribution in [0.5, 0.6) is 0 Å². The number of hydrogen-bond acceptors (Lipinski definition) is 6. The number of hydrogen-bond donors (Lipinski definition) is 1. The van der Waals surface area contributed by atoms with Gasteiger partial charge in [0.05, 0.1) is 34.4 Å². The molecule has 2 unspecified atom stereocenters. The Labute approximate surface area is 320 Å². The Balaban J connectivity index is 4.28. The molecule has 0 rings (SSSR count). The fourth-order valence-electron chi connectivity index (χ4n) is 5.17.